The molecule has 7 rings (SSSR count). The molecule has 4 heterocycles. The molecule has 1 aliphatic carbocycles. The van der Waals surface area contributed by atoms with Crippen molar-refractivity contribution in [3.63, 3.8) is 0 Å². The van der Waals surface area contributed by atoms with Gasteiger partial charge in [0.2, 0.25) is 5.89 Å². The van der Waals surface area contributed by atoms with Gasteiger partial charge in [0.15, 0.2) is 5.82 Å². The summed E-state index contributed by atoms with van der Waals surface area (Å²) in [7, 11) is -9.99. The Bertz CT molecular complexity index is 2360. The van der Waals surface area contributed by atoms with E-state index in [1.54, 1.807) is 4.90 Å². The maximum Gasteiger partial charge on any atom is 0.418 e. The molecule has 1 aromatic heterocycles. The summed E-state index contributed by atoms with van der Waals surface area (Å²) >= 11 is 0. The molecular weight excluding hydrogens is 1070 g/mol. The number of fused-ring (bicyclic) bond motifs is 5. The highest BCUT2D eigenvalue weighted by Crippen LogP contribution is 2.45. The van der Waals surface area contributed by atoms with Crippen molar-refractivity contribution in [1.82, 2.24) is 25.0 Å². The van der Waals surface area contributed by atoms with Crippen LogP contribution in [0.2, 0.25) is 0 Å². The number of ether oxygens (including phenoxy) is 1. The quantitative estimate of drug-likeness (QED) is 0.0371. The van der Waals surface area contributed by atoms with Crippen molar-refractivity contribution in [3.8, 4) is 11.1 Å². The lowest BCUT2D eigenvalue weighted by atomic mass is 9.96. The van der Waals surface area contributed by atoms with Gasteiger partial charge in [-0.25, -0.2) is 9.59 Å². The highest BCUT2D eigenvalue weighted by molar-refractivity contribution is 7.80. The number of urea groups is 1. The number of hydroxylamine groups is 2. The number of unbranched alkanes of at least 4 members (excludes halogenated alkanes) is 8. The van der Waals surface area contributed by atoms with Crippen LogP contribution in [-0.2, 0) is 29.8 Å². The van der Waals surface area contributed by atoms with Gasteiger partial charge in [-0.15, -0.1) is 4.28 Å². The molecule has 2 bridgehead atoms. The minimum Gasteiger partial charge on any atom is -0.759 e. The standard InChI is InChI=1S/C28H29N5O8S.2C16H36N.H2O4S/c34-27-32-15-18(33(27)41-42(36,37)38)9-10-24(32)25-29-26(40-30-25)17-11-13-31(14-12-17)28(35)39-16-23-21-7-3-1-5-19(21)20-6-2-4-8-22(20)23;2*1-5-9-13-17(14-10-6-2,15-11-7-3)16-12-8-4;1-5(2,3)4/h1-8,17-18,23-24H,9-16H2,(H,36,37,38);2*5-16H2,1-4H3;(H2,1,2,3,4)/q;2*+1;/p-2/t18-,24+;;;/m1.../s1. The molecule has 3 amide bonds. The van der Waals surface area contributed by atoms with Crippen LogP contribution >= 0.6 is 0 Å². The predicted molar refractivity (Wildman–Crippen MR) is 314 cm³/mol. The van der Waals surface area contributed by atoms with Crippen molar-refractivity contribution in [2.24, 2.45) is 0 Å². The minimum atomic E-state index is -5.17. The topological polar surface area (TPSA) is 236 Å². The zero-order chi connectivity index (χ0) is 59.5. The Labute approximate surface area is 487 Å². The van der Waals surface area contributed by atoms with Crippen molar-refractivity contribution < 1.29 is 62.6 Å². The summed E-state index contributed by atoms with van der Waals surface area (Å²) in [5.74, 6) is 0.732. The number of likely N-dealkylation sites (tertiary alicyclic amines) is 1. The summed E-state index contributed by atoms with van der Waals surface area (Å²) in [6.45, 7) is 31.5. The van der Waals surface area contributed by atoms with Crippen LogP contribution < -0.4 is 0 Å². The van der Waals surface area contributed by atoms with Crippen molar-refractivity contribution in [3.05, 3.63) is 71.4 Å². The van der Waals surface area contributed by atoms with E-state index in [0.717, 1.165) is 0 Å². The number of benzene rings is 2. The number of carbonyl (C=O) groups is 2. The van der Waals surface area contributed by atoms with Crippen LogP contribution in [0.25, 0.3) is 11.1 Å². The number of hydrogen-bond acceptors (Lipinski definition) is 13. The monoisotopic (exact) mass is 1180 g/mol. The summed E-state index contributed by atoms with van der Waals surface area (Å²) < 4.78 is 84.1. The van der Waals surface area contributed by atoms with Crippen LogP contribution in [-0.4, -0.2) is 161 Å². The first-order valence-corrected chi connectivity index (χ1v) is 33.5. The second-order valence-corrected chi connectivity index (χ2v) is 24.6. The molecule has 4 aliphatic rings. The lowest BCUT2D eigenvalue weighted by Gasteiger charge is -2.39. The van der Waals surface area contributed by atoms with Gasteiger partial charge in [-0.3, -0.25) is 13.0 Å². The van der Waals surface area contributed by atoms with Gasteiger partial charge in [0.25, 0.3) is 0 Å². The zero-order valence-corrected chi connectivity index (χ0v) is 52.1. The normalized spacial score (nSPS) is 17.4. The fourth-order valence-corrected chi connectivity index (χ4v) is 12.3. The molecule has 0 unspecified atom stereocenters. The van der Waals surface area contributed by atoms with E-state index in [1.807, 2.05) is 24.3 Å². The molecule has 3 aromatic rings. The Hall–Kier alpha value is -4.22. The summed E-state index contributed by atoms with van der Waals surface area (Å²) in [5.41, 5.74) is 4.69. The van der Waals surface area contributed by atoms with Crippen LogP contribution in [0.4, 0.5) is 9.59 Å². The van der Waals surface area contributed by atoms with Gasteiger partial charge in [-0.2, -0.15) is 18.5 Å². The highest BCUT2D eigenvalue weighted by atomic mass is 32.3. The molecule has 3 aliphatic heterocycles. The van der Waals surface area contributed by atoms with Crippen molar-refractivity contribution >= 4 is 32.9 Å². The second-order valence-electron chi connectivity index (χ2n) is 22.8. The number of amides is 3. The number of rotatable bonds is 30. The predicted octanol–water partition coefficient (Wildman–Crippen LogP) is 12.5. The number of nitrogens with zero attached hydrogens (tertiary/aromatic N) is 7. The van der Waals surface area contributed by atoms with Gasteiger partial charge < -0.3 is 37.1 Å². The molecule has 3 fully saturated rings. The zero-order valence-electron chi connectivity index (χ0n) is 50.4. The average Bonchev–Trinajstić information content (AvgIpc) is 4.37. The molecule has 19 nitrogen and oxygen atoms in total. The third-order valence-electron chi connectivity index (χ3n) is 16.6. The Morgan fingerprint density at radius 3 is 1.42 bits per heavy atom. The highest BCUT2D eigenvalue weighted by Gasteiger charge is 2.49. The van der Waals surface area contributed by atoms with Crippen LogP contribution in [0.3, 0.4) is 0 Å². The van der Waals surface area contributed by atoms with Crippen molar-refractivity contribution in [1.29, 1.82) is 0 Å². The number of quaternary nitrogens is 2. The minimum absolute atomic E-state index is 0.0000541. The Morgan fingerprint density at radius 2 is 1.04 bits per heavy atom. The van der Waals surface area contributed by atoms with E-state index >= 15 is 0 Å². The molecule has 2 atom stereocenters. The smallest absolute Gasteiger partial charge is 0.418 e. The van der Waals surface area contributed by atoms with Crippen LogP contribution in [0.5, 0.6) is 0 Å². The van der Waals surface area contributed by atoms with E-state index in [0.29, 0.717) is 55.6 Å². The first kappa shape index (κ1) is 69.3. The molecular formula is C60H101N7O12S2. The van der Waals surface area contributed by atoms with Crippen LogP contribution in [0, 0.1) is 0 Å². The van der Waals surface area contributed by atoms with Gasteiger partial charge in [-0.1, -0.05) is 160 Å². The molecule has 460 valence electrons. The van der Waals surface area contributed by atoms with E-state index < -0.39 is 38.9 Å². The molecule has 0 spiro atoms. The fourth-order valence-electron chi connectivity index (χ4n) is 11.9. The lowest BCUT2D eigenvalue weighted by molar-refractivity contribution is -0.929. The Kier molecular flexibility index (Phi) is 30.1. The van der Waals surface area contributed by atoms with Gasteiger partial charge >= 0.3 is 22.5 Å². The summed E-state index contributed by atoms with van der Waals surface area (Å²) in [4.78, 5) is 33.4. The van der Waals surface area contributed by atoms with E-state index in [4.69, 9.17) is 31.3 Å². The molecule has 21 heteroatoms. The number of aromatic nitrogens is 2. The number of carbonyl (C=O) groups excluding carboxylic acids is 2. The van der Waals surface area contributed by atoms with E-state index in [-0.39, 0.29) is 31.1 Å². The Morgan fingerprint density at radius 1 is 0.642 bits per heavy atom. The van der Waals surface area contributed by atoms with Gasteiger partial charge in [0.1, 0.15) is 6.61 Å². The maximum absolute atomic E-state index is 13.0. The molecule has 3 saturated heterocycles. The molecule has 0 radical (unpaired) electrons. The van der Waals surface area contributed by atoms with Crippen LogP contribution in [0.1, 0.15) is 225 Å². The van der Waals surface area contributed by atoms with Crippen molar-refractivity contribution in [2.75, 3.05) is 78.6 Å². The number of piperidine rings is 2. The number of hydrogen-bond donors (Lipinski definition) is 1. The third kappa shape index (κ3) is 22.4. The molecule has 2 aromatic carbocycles. The van der Waals surface area contributed by atoms with Crippen LogP contribution in [0.15, 0.2) is 53.1 Å². The average molecular weight is 1180 g/mol. The first-order chi connectivity index (χ1) is 38.8. The van der Waals surface area contributed by atoms with Crippen molar-refractivity contribution in [2.45, 2.75) is 208 Å². The van der Waals surface area contributed by atoms with Gasteiger partial charge in [-0.05, 0) is 99.3 Å². The SMILES string of the molecule is CCCC[N+](CCCC)(CCCC)CCCC.CCCC[N+](CCCC)(CCCC)CCCC.O=C(OCC1c2ccccc2-c2ccccc21)N1CCC(c2nc([C@@H]3CC[C@@H]4CN3C(=O)N4OS(=O)(=O)O)no2)CC1.O=S(=O)([O-])[O-]. The van der Waals surface area contributed by atoms with E-state index in [2.05, 4.69) is 94.1 Å². The molecule has 81 heavy (non-hydrogen) atoms. The molecule has 1 N–H and O–H groups in total. The first-order valence-electron chi connectivity index (χ1n) is 30.8. The van der Waals surface area contributed by atoms with Gasteiger partial charge in [0, 0.05) is 41.9 Å². The largest absolute Gasteiger partial charge is 0.759 e. The summed E-state index contributed by atoms with van der Waals surface area (Å²) in [6.07, 6.45) is 24.0. The second kappa shape index (κ2) is 35.2. The lowest BCUT2D eigenvalue weighted by Crippen LogP contribution is -2.50. The molecule has 0 saturated carbocycles. The maximum atomic E-state index is 13.0. The summed E-state index contributed by atoms with van der Waals surface area (Å²) in [5, 5.41) is 4.81. The van der Waals surface area contributed by atoms with Gasteiger partial charge in [0.05, 0.1) is 64.4 Å². The fraction of sp³-hybridized carbons (Fsp3) is 0.733. The summed E-state index contributed by atoms with van der Waals surface area (Å²) in [6, 6.07) is 14.8. The van der Waals surface area contributed by atoms with E-state index in [9.17, 15) is 18.0 Å². The third-order valence-corrected chi connectivity index (χ3v) is 16.9. The Balaban J connectivity index is 0.000000300. The van der Waals surface area contributed by atoms with E-state index in [1.165, 1.54) is 191 Å².